The third-order valence-corrected chi connectivity index (χ3v) is 5.89. The van der Waals surface area contributed by atoms with Gasteiger partial charge in [0.15, 0.2) is 5.82 Å². The van der Waals surface area contributed by atoms with Crippen LogP contribution in [0.3, 0.4) is 0 Å². The van der Waals surface area contributed by atoms with E-state index in [1.807, 2.05) is 31.7 Å². The second-order valence-electron chi connectivity index (χ2n) is 9.35. The molecule has 0 radical (unpaired) electrons. The van der Waals surface area contributed by atoms with E-state index >= 15 is 0 Å². The number of carbonyl (C=O) groups excluding carboxylic acids is 1. The monoisotopic (exact) mass is 519 g/mol. The molecule has 0 N–H and O–H groups in total. The van der Waals surface area contributed by atoms with Crippen LogP contribution in [0.2, 0.25) is 5.02 Å². The molecule has 0 unspecified atom stereocenters. The summed E-state index contributed by atoms with van der Waals surface area (Å²) in [5.41, 5.74) is 0.786. The Morgan fingerprint density at radius 1 is 0.972 bits per heavy atom. The first-order valence-corrected chi connectivity index (χ1v) is 11.7. The number of rotatable bonds is 3. The van der Waals surface area contributed by atoms with Gasteiger partial charge in [0, 0.05) is 55.3 Å². The summed E-state index contributed by atoms with van der Waals surface area (Å²) in [5, 5.41) is 9.11. The van der Waals surface area contributed by atoms with Crippen molar-refractivity contribution in [3.05, 3.63) is 59.4 Å². The van der Waals surface area contributed by atoms with Crippen LogP contribution in [0.1, 0.15) is 26.3 Å². The van der Waals surface area contributed by atoms with E-state index in [4.69, 9.17) is 16.3 Å². The topological polar surface area (TPSA) is 71.5 Å². The Hall–Kier alpha value is -3.40. The SMILES string of the molecule is CC(C)(C)OC(=O)N1CCN(c2cc(-c3ccncc3Cl)c(-c3ccc(C(F)(F)F)cc3)nn2)CC1. The molecule has 0 spiro atoms. The Morgan fingerprint density at radius 3 is 2.22 bits per heavy atom. The number of alkyl halides is 3. The lowest BCUT2D eigenvalue weighted by Gasteiger charge is -2.36. The van der Waals surface area contributed by atoms with Crippen LogP contribution in [0.15, 0.2) is 48.8 Å². The maximum absolute atomic E-state index is 13.0. The first-order chi connectivity index (χ1) is 16.9. The minimum Gasteiger partial charge on any atom is -0.444 e. The van der Waals surface area contributed by atoms with Crippen LogP contribution >= 0.6 is 11.6 Å². The third kappa shape index (κ3) is 5.87. The second-order valence-corrected chi connectivity index (χ2v) is 9.76. The summed E-state index contributed by atoms with van der Waals surface area (Å²) in [7, 11) is 0. The molecule has 3 aromatic rings. The maximum Gasteiger partial charge on any atom is 0.416 e. The predicted molar refractivity (Wildman–Crippen MR) is 131 cm³/mol. The van der Waals surface area contributed by atoms with Crippen molar-refractivity contribution in [2.45, 2.75) is 32.5 Å². The largest absolute Gasteiger partial charge is 0.444 e. The smallest absolute Gasteiger partial charge is 0.416 e. The Balaban J connectivity index is 1.63. The van der Waals surface area contributed by atoms with Gasteiger partial charge >= 0.3 is 12.3 Å². The number of ether oxygens (including phenoxy) is 1. The van der Waals surface area contributed by atoms with Gasteiger partial charge in [0.1, 0.15) is 11.3 Å². The van der Waals surface area contributed by atoms with Crippen LogP contribution in [0.25, 0.3) is 22.4 Å². The van der Waals surface area contributed by atoms with Gasteiger partial charge < -0.3 is 14.5 Å². The standard InChI is InChI=1S/C25H25ClF3N5O2/c1-24(2,3)36-23(35)34-12-10-33(11-13-34)21-14-19(18-8-9-30-15-20(18)26)22(32-31-21)16-4-6-17(7-5-16)25(27,28)29/h4-9,14-15H,10-13H2,1-3H3. The van der Waals surface area contributed by atoms with Gasteiger partial charge in [0.2, 0.25) is 0 Å². The van der Waals surface area contributed by atoms with Crippen LogP contribution in [-0.2, 0) is 10.9 Å². The molecule has 1 aliphatic rings. The molecular formula is C25H25ClF3N5O2. The normalized spacial score (nSPS) is 14.6. The van der Waals surface area contributed by atoms with E-state index in [0.717, 1.165) is 12.1 Å². The molecule has 2 aromatic heterocycles. The van der Waals surface area contributed by atoms with E-state index in [2.05, 4.69) is 15.2 Å². The van der Waals surface area contributed by atoms with E-state index in [9.17, 15) is 18.0 Å². The van der Waals surface area contributed by atoms with E-state index in [1.165, 1.54) is 18.3 Å². The van der Waals surface area contributed by atoms with Gasteiger partial charge in [-0.2, -0.15) is 13.2 Å². The first kappa shape index (κ1) is 25.7. The van der Waals surface area contributed by atoms with Gasteiger partial charge in [-0.3, -0.25) is 4.98 Å². The van der Waals surface area contributed by atoms with Crippen LogP contribution in [-0.4, -0.2) is 58.0 Å². The zero-order valence-electron chi connectivity index (χ0n) is 20.0. The highest BCUT2D eigenvalue weighted by Gasteiger charge is 2.30. The number of hydrogen-bond donors (Lipinski definition) is 0. The highest BCUT2D eigenvalue weighted by molar-refractivity contribution is 6.33. The number of nitrogens with zero attached hydrogens (tertiary/aromatic N) is 5. The van der Waals surface area contributed by atoms with Gasteiger partial charge in [-0.25, -0.2) is 4.79 Å². The predicted octanol–water partition coefficient (Wildman–Crippen LogP) is 5.93. The molecule has 0 saturated carbocycles. The zero-order valence-corrected chi connectivity index (χ0v) is 20.8. The maximum atomic E-state index is 13.0. The minimum atomic E-state index is -4.44. The van der Waals surface area contributed by atoms with Gasteiger partial charge in [0.25, 0.3) is 0 Å². The van der Waals surface area contributed by atoms with Crippen LogP contribution in [0.4, 0.5) is 23.8 Å². The van der Waals surface area contributed by atoms with Crippen molar-refractivity contribution in [2.75, 3.05) is 31.1 Å². The van der Waals surface area contributed by atoms with Gasteiger partial charge in [-0.15, -0.1) is 10.2 Å². The number of amides is 1. The molecule has 1 fully saturated rings. The van der Waals surface area contributed by atoms with Gasteiger partial charge in [-0.1, -0.05) is 23.7 Å². The molecule has 4 rings (SSSR count). The lowest BCUT2D eigenvalue weighted by molar-refractivity contribution is -0.137. The number of benzene rings is 1. The Morgan fingerprint density at radius 2 is 1.64 bits per heavy atom. The Labute approximate surface area is 211 Å². The number of carbonyl (C=O) groups is 1. The lowest BCUT2D eigenvalue weighted by atomic mass is 9.99. The molecule has 11 heteroatoms. The van der Waals surface area contributed by atoms with Crippen molar-refractivity contribution in [3.8, 4) is 22.4 Å². The average Bonchev–Trinajstić information content (AvgIpc) is 2.83. The van der Waals surface area contributed by atoms with Crippen molar-refractivity contribution in [2.24, 2.45) is 0 Å². The van der Waals surface area contributed by atoms with E-state index < -0.39 is 17.3 Å². The molecule has 36 heavy (non-hydrogen) atoms. The fourth-order valence-electron chi connectivity index (χ4n) is 3.81. The lowest BCUT2D eigenvalue weighted by Crippen LogP contribution is -2.50. The van der Waals surface area contributed by atoms with Crippen LogP contribution in [0, 0.1) is 0 Å². The molecule has 1 aliphatic heterocycles. The highest BCUT2D eigenvalue weighted by atomic mass is 35.5. The Bertz CT molecular complexity index is 1240. The average molecular weight is 520 g/mol. The quantitative estimate of drug-likeness (QED) is 0.427. The third-order valence-electron chi connectivity index (χ3n) is 5.58. The summed E-state index contributed by atoms with van der Waals surface area (Å²) in [6.45, 7) is 7.38. The summed E-state index contributed by atoms with van der Waals surface area (Å²) in [6.07, 6.45) is -1.73. The van der Waals surface area contributed by atoms with E-state index in [0.29, 0.717) is 59.4 Å². The molecule has 1 aromatic carbocycles. The van der Waals surface area contributed by atoms with Crippen molar-refractivity contribution in [1.82, 2.24) is 20.1 Å². The minimum absolute atomic E-state index is 0.366. The summed E-state index contributed by atoms with van der Waals surface area (Å²) in [4.78, 5) is 20.0. The zero-order chi connectivity index (χ0) is 26.1. The number of anilines is 1. The molecule has 0 atom stereocenters. The van der Waals surface area contributed by atoms with Crippen LogP contribution in [0.5, 0.6) is 0 Å². The fraction of sp³-hybridized carbons (Fsp3) is 0.360. The molecular weight excluding hydrogens is 495 g/mol. The molecule has 3 heterocycles. The summed E-state index contributed by atoms with van der Waals surface area (Å²) in [6, 6.07) is 8.29. The summed E-state index contributed by atoms with van der Waals surface area (Å²) < 4.78 is 44.6. The summed E-state index contributed by atoms with van der Waals surface area (Å²) in [5.74, 6) is 0.567. The molecule has 190 valence electrons. The number of hydrogen-bond acceptors (Lipinski definition) is 6. The molecule has 0 aliphatic carbocycles. The van der Waals surface area contributed by atoms with Crippen LogP contribution < -0.4 is 4.90 Å². The molecule has 0 bridgehead atoms. The molecule has 1 saturated heterocycles. The fourth-order valence-corrected chi connectivity index (χ4v) is 4.03. The number of halogens is 4. The second kappa shape index (κ2) is 9.93. The van der Waals surface area contributed by atoms with E-state index in [-0.39, 0.29) is 6.09 Å². The number of piperazine rings is 1. The van der Waals surface area contributed by atoms with Gasteiger partial charge in [-0.05, 0) is 45.0 Å². The van der Waals surface area contributed by atoms with E-state index in [1.54, 1.807) is 17.2 Å². The number of pyridine rings is 1. The molecule has 7 nitrogen and oxygen atoms in total. The molecule has 1 amide bonds. The highest BCUT2D eigenvalue weighted by Crippen LogP contribution is 2.37. The van der Waals surface area contributed by atoms with Crippen molar-refractivity contribution in [3.63, 3.8) is 0 Å². The summed E-state index contributed by atoms with van der Waals surface area (Å²) >= 11 is 6.42. The van der Waals surface area contributed by atoms with Crippen molar-refractivity contribution in [1.29, 1.82) is 0 Å². The number of aromatic nitrogens is 3. The first-order valence-electron chi connectivity index (χ1n) is 11.3. The van der Waals surface area contributed by atoms with Crippen molar-refractivity contribution < 1.29 is 22.7 Å². The Kier molecular flexibility index (Phi) is 7.08. The van der Waals surface area contributed by atoms with Gasteiger partial charge in [0.05, 0.1) is 10.6 Å². The van der Waals surface area contributed by atoms with Crippen molar-refractivity contribution >= 4 is 23.5 Å².